The molecule has 2 rings (SSSR count). The average molecular weight is 342 g/mol. The zero-order chi connectivity index (χ0) is 18.3. The molecule has 0 heterocycles. The van der Waals surface area contributed by atoms with Gasteiger partial charge in [0.15, 0.2) is 6.61 Å². The third-order valence-corrected chi connectivity index (χ3v) is 3.88. The van der Waals surface area contributed by atoms with Crippen molar-refractivity contribution in [2.24, 2.45) is 0 Å². The molecule has 0 atom stereocenters. The average Bonchev–Trinajstić information content (AvgIpc) is 2.56. The molecular weight excluding hydrogens is 312 g/mol. The number of benzene rings is 2. The van der Waals surface area contributed by atoms with Crippen LogP contribution in [0.4, 0.5) is 0 Å². The van der Waals surface area contributed by atoms with Crippen LogP contribution in [-0.4, -0.2) is 24.6 Å². The van der Waals surface area contributed by atoms with E-state index in [-0.39, 0.29) is 18.1 Å². The molecule has 2 aromatic carbocycles. The van der Waals surface area contributed by atoms with Gasteiger partial charge in [0, 0.05) is 17.6 Å². The van der Waals surface area contributed by atoms with Crippen LogP contribution in [-0.2, 0) is 11.3 Å². The largest absolute Gasteiger partial charge is 0.483 e. The summed E-state index contributed by atoms with van der Waals surface area (Å²) in [6.07, 6.45) is 2.31. The predicted octanol–water partition coefficient (Wildman–Crippen LogP) is 4.02. The van der Waals surface area contributed by atoms with Gasteiger partial charge in [-0.2, -0.15) is 0 Å². The molecule has 136 valence electrons. The summed E-state index contributed by atoms with van der Waals surface area (Å²) in [5.74, 6) is 0.664. The van der Waals surface area contributed by atoms with Crippen LogP contribution >= 0.6 is 0 Å². The van der Waals surface area contributed by atoms with Gasteiger partial charge in [-0.3, -0.25) is 4.79 Å². The molecule has 25 heavy (non-hydrogen) atoms. The number of hydrogen-bond donors (Lipinski definition) is 2. The highest BCUT2D eigenvalue weighted by Gasteiger charge is 2.15. The van der Waals surface area contributed by atoms with Crippen molar-refractivity contribution in [3.8, 4) is 5.75 Å². The van der Waals surface area contributed by atoms with E-state index >= 15 is 0 Å². The summed E-state index contributed by atoms with van der Waals surface area (Å²) in [7, 11) is 0. The van der Waals surface area contributed by atoms with Gasteiger partial charge in [0.25, 0.3) is 5.91 Å². The molecule has 0 unspecified atom stereocenters. The zero-order valence-corrected chi connectivity index (χ0v) is 15.8. The summed E-state index contributed by atoms with van der Waals surface area (Å²) in [5.41, 5.74) is 0.853. The fourth-order valence-electron chi connectivity index (χ4n) is 2.75. The lowest BCUT2D eigenvalue weighted by Crippen LogP contribution is -2.43. The minimum Gasteiger partial charge on any atom is -0.483 e. The molecule has 0 aliphatic rings. The summed E-state index contributed by atoms with van der Waals surface area (Å²) in [4.78, 5) is 12.1. The Labute approximate surface area is 151 Å². The first-order valence-electron chi connectivity index (χ1n) is 9.06. The number of unbranched alkanes of at least 4 members (excludes halogenated alkanes) is 1. The SMILES string of the molecule is CCCCNCc1c(OCC(=O)NC(C)(C)C)ccc2ccccc12. The minimum absolute atomic E-state index is 0.0254. The van der Waals surface area contributed by atoms with Gasteiger partial charge in [-0.1, -0.05) is 43.7 Å². The number of nitrogens with one attached hydrogen (secondary N) is 2. The molecule has 1 amide bonds. The number of fused-ring (bicyclic) bond motifs is 1. The van der Waals surface area contributed by atoms with Gasteiger partial charge in [0.05, 0.1) is 0 Å². The van der Waals surface area contributed by atoms with Crippen molar-refractivity contribution >= 4 is 16.7 Å². The van der Waals surface area contributed by atoms with Crippen LogP contribution in [0, 0.1) is 0 Å². The Balaban J connectivity index is 2.15. The molecule has 4 heteroatoms. The molecular formula is C21H30N2O2. The highest BCUT2D eigenvalue weighted by molar-refractivity contribution is 5.88. The van der Waals surface area contributed by atoms with Gasteiger partial charge in [0.2, 0.25) is 0 Å². The molecule has 0 bridgehead atoms. The fourth-order valence-corrected chi connectivity index (χ4v) is 2.75. The van der Waals surface area contributed by atoms with Crippen LogP contribution in [0.2, 0.25) is 0 Å². The van der Waals surface area contributed by atoms with Crippen molar-refractivity contribution in [1.29, 1.82) is 0 Å². The van der Waals surface area contributed by atoms with E-state index < -0.39 is 0 Å². The zero-order valence-electron chi connectivity index (χ0n) is 15.8. The predicted molar refractivity (Wildman–Crippen MR) is 104 cm³/mol. The number of carbonyl (C=O) groups excluding carboxylic acids is 1. The summed E-state index contributed by atoms with van der Waals surface area (Å²) in [6, 6.07) is 12.3. The lowest BCUT2D eigenvalue weighted by atomic mass is 10.0. The van der Waals surface area contributed by atoms with E-state index in [0.29, 0.717) is 0 Å². The van der Waals surface area contributed by atoms with E-state index in [1.165, 1.54) is 17.2 Å². The van der Waals surface area contributed by atoms with Gasteiger partial charge >= 0.3 is 0 Å². The summed E-state index contributed by atoms with van der Waals surface area (Å²) in [6.45, 7) is 9.80. The van der Waals surface area contributed by atoms with Crippen LogP contribution in [0.3, 0.4) is 0 Å². The Hall–Kier alpha value is -2.07. The smallest absolute Gasteiger partial charge is 0.258 e. The highest BCUT2D eigenvalue weighted by Crippen LogP contribution is 2.28. The summed E-state index contributed by atoms with van der Waals surface area (Å²) >= 11 is 0. The second-order valence-electron chi connectivity index (χ2n) is 7.38. The quantitative estimate of drug-likeness (QED) is 0.712. The fraction of sp³-hybridized carbons (Fsp3) is 0.476. The Morgan fingerprint density at radius 3 is 2.60 bits per heavy atom. The molecule has 0 saturated heterocycles. The first-order valence-corrected chi connectivity index (χ1v) is 9.06. The van der Waals surface area contributed by atoms with Crippen molar-refractivity contribution < 1.29 is 9.53 Å². The van der Waals surface area contributed by atoms with Crippen molar-refractivity contribution in [2.45, 2.75) is 52.6 Å². The molecule has 0 aliphatic heterocycles. The van der Waals surface area contributed by atoms with Gasteiger partial charge < -0.3 is 15.4 Å². The Morgan fingerprint density at radius 2 is 1.88 bits per heavy atom. The third-order valence-electron chi connectivity index (χ3n) is 3.88. The van der Waals surface area contributed by atoms with Crippen molar-refractivity contribution in [3.63, 3.8) is 0 Å². The van der Waals surface area contributed by atoms with E-state index in [1.807, 2.05) is 45.0 Å². The van der Waals surface area contributed by atoms with E-state index in [1.54, 1.807) is 0 Å². The molecule has 0 spiro atoms. The van der Waals surface area contributed by atoms with Gasteiger partial charge in [-0.15, -0.1) is 0 Å². The van der Waals surface area contributed by atoms with Crippen LogP contribution in [0.25, 0.3) is 10.8 Å². The first kappa shape index (κ1) is 19.3. The van der Waals surface area contributed by atoms with Crippen LogP contribution in [0.5, 0.6) is 5.75 Å². The van der Waals surface area contributed by atoms with E-state index in [2.05, 4.69) is 29.7 Å². The van der Waals surface area contributed by atoms with E-state index in [4.69, 9.17) is 4.74 Å². The van der Waals surface area contributed by atoms with Gasteiger partial charge in [-0.05, 0) is 50.6 Å². The second kappa shape index (κ2) is 8.86. The molecule has 0 aliphatic carbocycles. The maximum Gasteiger partial charge on any atom is 0.258 e. The Morgan fingerprint density at radius 1 is 1.12 bits per heavy atom. The van der Waals surface area contributed by atoms with Gasteiger partial charge in [-0.25, -0.2) is 0 Å². The monoisotopic (exact) mass is 342 g/mol. The third kappa shape index (κ3) is 6.05. The van der Waals surface area contributed by atoms with Gasteiger partial charge in [0.1, 0.15) is 5.75 Å². The molecule has 4 nitrogen and oxygen atoms in total. The Kier molecular flexibility index (Phi) is 6.82. The van der Waals surface area contributed by atoms with Crippen LogP contribution in [0.15, 0.2) is 36.4 Å². The summed E-state index contributed by atoms with van der Waals surface area (Å²) < 4.78 is 5.86. The van der Waals surface area contributed by atoms with Crippen molar-refractivity contribution in [3.05, 3.63) is 42.0 Å². The topological polar surface area (TPSA) is 50.4 Å². The Bertz CT molecular complexity index is 705. The number of amides is 1. The normalized spacial score (nSPS) is 11.5. The molecule has 0 saturated carbocycles. The van der Waals surface area contributed by atoms with Crippen molar-refractivity contribution in [1.82, 2.24) is 10.6 Å². The molecule has 2 aromatic rings. The molecule has 0 aromatic heterocycles. The number of hydrogen-bond acceptors (Lipinski definition) is 3. The molecule has 0 fully saturated rings. The lowest BCUT2D eigenvalue weighted by Gasteiger charge is -2.21. The maximum absolute atomic E-state index is 12.1. The maximum atomic E-state index is 12.1. The standard InChI is InChI=1S/C21H30N2O2/c1-5-6-13-22-14-18-17-10-8-7-9-16(17)11-12-19(18)25-15-20(24)23-21(2,3)4/h7-12,22H,5-6,13-15H2,1-4H3,(H,23,24). The second-order valence-corrected chi connectivity index (χ2v) is 7.38. The number of ether oxygens (including phenoxy) is 1. The molecule has 0 radical (unpaired) electrons. The van der Waals surface area contributed by atoms with E-state index in [9.17, 15) is 4.79 Å². The number of rotatable bonds is 8. The van der Waals surface area contributed by atoms with Crippen LogP contribution in [0.1, 0.15) is 46.1 Å². The summed E-state index contributed by atoms with van der Waals surface area (Å²) in [5, 5.41) is 8.76. The highest BCUT2D eigenvalue weighted by atomic mass is 16.5. The number of carbonyl (C=O) groups is 1. The lowest BCUT2D eigenvalue weighted by molar-refractivity contribution is -0.124. The van der Waals surface area contributed by atoms with Crippen molar-refractivity contribution in [2.75, 3.05) is 13.2 Å². The van der Waals surface area contributed by atoms with E-state index in [0.717, 1.165) is 30.8 Å². The van der Waals surface area contributed by atoms with Crippen LogP contribution < -0.4 is 15.4 Å². The first-order chi connectivity index (χ1) is 11.9. The minimum atomic E-state index is -0.256. The molecule has 2 N–H and O–H groups in total.